The van der Waals surface area contributed by atoms with Gasteiger partial charge in [0.1, 0.15) is 0 Å². The third kappa shape index (κ3) is 3.34. The first kappa shape index (κ1) is 14.3. The number of fused-ring (bicyclic) bond motifs is 1. The van der Waals surface area contributed by atoms with Crippen molar-refractivity contribution in [2.75, 3.05) is 6.61 Å². The quantitative estimate of drug-likeness (QED) is 0.877. The maximum absolute atomic E-state index is 5.76. The van der Waals surface area contributed by atoms with Crippen LogP contribution in [0.4, 0.5) is 0 Å². The lowest BCUT2D eigenvalue weighted by Gasteiger charge is -2.31. The van der Waals surface area contributed by atoms with Crippen LogP contribution in [0.3, 0.4) is 0 Å². The van der Waals surface area contributed by atoms with Crippen molar-refractivity contribution < 1.29 is 4.74 Å². The van der Waals surface area contributed by atoms with Crippen LogP contribution in [0.2, 0.25) is 0 Å². The van der Waals surface area contributed by atoms with Gasteiger partial charge in [-0.1, -0.05) is 67.9 Å². The Morgan fingerprint density at radius 2 is 1.86 bits per heavy atom. The highest BCUT2D eigenvalue weighted by molar-refractivity contribution is 5.31. The number of hydrogen-bond acceptors (Lipinski definition) is 2. The van der Waals surface area contributed by atoms with Gasteiger partial charge >= 0.3 is 0 Å². The van der Waals surface area contributed by atoms with E-state index in [4.69, 9.17) is 4.74 Å². The Labute approximate surface area is 127 Å². The molecule has 1 N–H and O–H groups in total. The zero-order valence-electron chi connectivity index (χ0n) is 12.6. The van der Waals surface area contributed by atoms with Crippen molar-refractivity contribution in [2.45, 2.75) is 38.5 Å². The molecular weight excluding hydrogens is 258 g/mol. The first-order valence-corrected chi connectivity index (χ1v) is 7.85. The van der Waals surface area contributed by atoms with Gasteiger partial charge in [-0.3, -0.25) is 0 Å². The smallest absolute Gasteiger partial charge is 0.0721 e. The number of rotatable bonds is 5. The average Bonchev–Trinajstić information content (AvgIpc) is 2.55. The molecule has 2 aromatic rings. The van der Waals surface area contributed by atoms with Crippen molar-refractivity contribution in [3.05, 3.63) is 71.3 Å². The molecule has 0 saturated carbocycles. The largest absolute Gasteiger partial charge is 0.375 e. The van der Waals surface area contributed by atoms with E-state index in [1.807, 2.05) is 0 Å². The van der Waals surface area contributed by atoms with Crippen molar-refractivity contribution in [3.8, 4) is 0 Å². The van der Waals surface area contributed by atoms with Crippen molar-refractivity contribution in [2.24, 2.45) is 0 Å². The minimum Gasteiger partial charge on any atom is -0.375 e. The van der Waals surface area contributed by atoms with E-state index in [0.717, 1.165) is 19.6 Å². The van der Waals surface area contributed by atoms with Crippen molar-refractivity contribution >= 4 is 0 Å². The molecule has 0 amide bonds. The van der Waals surface area contributed by atoms with Crippen LogP contribution in [-0.2, 0) is 11.3 Å². The highest BCUT2D eigenvalue weighted by Crippen LogP contribution is 2.28. The summed E-state index contributed by atoms with van der Waals surface area (Å²) in [7, 11) is 0. The fourth-order valence-electron chi connectivity index (χ4n) is 3.08. The van der Waals surface area contributed by atoms with E-state index in [-0.39, 0.29) is 6.04 Å². The molecule has 3 rings (SSSR count). The maximum Gasteiger partial charge on any atom is 0.0721 e. The van der Waals surface area contributed by atoms with Crippen LogP contribution in [0, 0.1) is 0 Å². The van der Waals surface area contributed by atoms with Gasteiger partial charge in [-0.25, -0.2) is 0 Å². The molecule has 0 aliphatic carbocycles. The Kier molecular flexibility index (Phi) is 4.69. The first-order valence-electron chi connectivity index (χ1n) is 7.85. The molecule has 21 heavy (non-hydrogen) atoms. The molecule has 0 saturated heterocycles. The average molecular weight is 281 g/mol. The molecule has 0 aromatic heterocycles. The van der Waals surface area contributed by atoms with E-state index in [1.54, 1.807) is 0 Å². The molecule has 2 unspecified atom stereocenters. The molecule has 1 aliphatic rings. The molecule has 0 bridgehead atoms. The lowest BCUT2D eigenvalue weighted by molar-refractivity contribution is 0.0779. The Hall–Kier alpha value is -1.64. The summed E-state index contributed by atoms with van der Waals surface area (Å²) in [6.07, 6.45) is 2.31. The van der Waals surface area contributed by atoms with Crippen molar-refractivity contribution in [1.29, 1.82) is 0 Å². The Morgan fingerprint density at radius 1 is 1.10 bits per heavy atom. The van der Waals surface area contributed by atoms with Crippen LogP contribution in [0.1, 0.15) is 48.5 Å². The van der Waals surface area contributed by atoms with Gasteiger partial charge in [0.25, 0.3) is 0 Å². The normalized spacial score (nSPS) is 19.0. The molecule has 1 heterocycles. The molecule has 0 fully saturated rings. The summed E-state index contributed by atoms with van der Waals surface area (Å²) in [5.74, 6) is 0. The Bertz CT molecular complexity index is 567. The summed E-state index contributed by atoms with van der Waals surface area (Å²) < 4.78 is 5.76. The van der Waals surface area contributed by atoms with E-state index in [2.05, 4.69) is 66.8 Å². The summed E-state index contributed by atoms with van der Waals surface area (Å²) in [5, 5.41) is 3.80. The third-order valence-electron chi connectivity index (χ3n) is 4.15. The number of ether oxygens (including phenoxy) is 1. The molecule has 110 valence electrons. The predicted octanol–water partition coefficient (Wildman–Crippen LogP) is 4.39. The zero-order valence-corrected chi connectivity index (χ0v) is 12.6. The van der Waals surface area contributed by atoms with Crippen LogP contribution in [-0.4, -0.2) is 6.61 Å². The van der Waals surface area contributed by atoms with E-state index in [9.17, 15) is 0 Å². The van der Waals surface area contributed by atoms with E-state index in [1.165, 1.54) is 23.1 Å². The molecule has 0 spiro atoms. The minimum atomic E-state index is 0.284. The summed E-state index contributed by atoms with van der Waals surface area (Å²) in [5.41, 5.74) is 4.06. The van der Waals surface area contributed by atoms with Gasteiger partial charge in [0.05, 0.1) is 19.3 Å². The van der Waals surface area contributed by atoms with Gasteiger partial charge < -0.3 is 10.1 Å². The highest BCUT2D eigenvalue weighted by Gasteiger charge is 2.23. The van der Waals surface area contributed by atoms with E-state index >= 15 is 0 Å². The molecule has 0 radical (unpaired) electrons. The second-order valence-electron chi connectivity index (χ2n) is 5.69. The van der Waals surface area contributed by atoms with Crippen LogP contribution >= 0.6 is 0 Å². The molecule has 2 heteroatoms. The number of hydrogen-bond donors (Lipinski definition) is 1. The maximum atomic E-state index is 5.76. The standard InChI is InChI=1S/C19H23NO/c1-2-8-18(15-9-4-3-5-10-15)20-19-14-21-13-16-11-6-7-12-17(16)19/h3-7,9-12,18-20H,2,8,13-14H2,1H3. The van der Waals surface area contributed by atoms with Crippen molar-refractivity contribution in [1.82, 2.24) is 5.32 Å². The van der Waals surface area contributed by atoms with E-state index < -0.39 is 0 Å². The zero-order chi connectivity index (χ0) is 14.5. The van der Waals surface area contributed by atoms with Gasteiger partial charge in [-0.2, -0.15) is 0 Å². The van der Waals surface area contributed by atoms with Crippen LogP contribution in [0.25, 0.3) is 0 Å². The Balaban J connectivity index is 1.81. The Morgan fingerprint density at radius 3 is 2.67 bits per heavy atom. The monoisotopic (exact) mass is 281 g/mol. The predicted molar refractivity (Wildman–Crippen MR) is 86.1 cm³/mol. The van der Waals surface area contributed by atoms with E-state index in [0.29, 0.717) is 6.04 Å². The summed E-state index contributed by atoms with van der Waals surface area (Å²) in [6.45, 7) is 3.73. The number of benzene rings is 2. The summed E-state index contributed by atoms with van der Waals surface area (Å²) in [6, 6.07) is 20.0. The summed E-state index contributed by atoms with van der Waals surface area (Å²) >= 11 is 0. The molecular formula is C19H23NO. The first-order chi connectivity index (χ1) is 10.4. The van der Waals surface area contributed by atoms with Gasteiger partial charge in [0.2, 0.25) is 0 Å². The molecule has 1 aliphatic heterocycles. The fraction of sp³-hybridized carbons (Fsp3) is 0.368. The minimum absolute atomic E-state index is 0.284. The van der Waals surface area contributed by atoms with Crippen LogP contribution in [0.15, 0.2) is 54.6 Å². The number of nitrogens with one attached hydrogen (secondary N) is 1. The summed E-state index contributed by atoms with van der Waals surface area (Å²) in [4.78, 5) is 0. The second-order valence-corrected chi connectivity index (χ2v) is 5.69. The van der Waals surface area contributed by atoms with Crippen molar-refractivity contribution in [3.63, 3.8) is 0 Å². The second kappa shape index (κ2) is 6.88. The van der Waals surface area contributed by atoms with Gasteiger partial charge in [-0.05, 0) is 23.1 Å². The SMILES string of the molecule is CCCC(NC1COCc2ccccc21)c1ccccc1. The third-order valence-corrected chi connectivity index (χ3v) is 4.15. The topological polar surface area (TPSA) is 21.3 Å². The van der Waals surface area contributed by atoms with Crippen LogP contribution < -0.4 is 5.32 Å². The lowest BCUT2D eigenvalue weighted by Crippen LogP contribution is -2.32. The van der Waals surface area contributed by atoms with Gasteiger partial charge in [-0.15, -0.1) is 0 Å². The van der Waals surface area contributed by atoms with Gasteiger partial charge in [0.15, 0.2) is 0 Å². The van der Waals surface area contributed by atoms with Crippen LogP contribution in [0.5, 0.6) is 0 Å². The molecule has 2 atom stereocenters. The lowest BCUT2D eigenvalue weighted by atomic mass is 9.95. The molecule has 2 aromatic carbocycles. The van der Waals surface area contributed by atoms with Gasteiger partial charge in [0, 0.05) is 6.04 Å². The fourth-order valence-corrected chi connectivity index (χ4v) is 3.08. The highest BCUT2D eigenvalue weighted by atomic mass is 16.5. The molecule has 2 nitrogen and oxygen atoms in total.